The highest BCUT2D eigenvalue weighted by atomic mass is 16.1. The Hall–Kier alpha value is -1.51. The highest BCUT2D eigenvalue weighted by Crippen LogP contribution is 2.30. The zero-order valence-electron chi connectivity index (χ0n) is 14.9. The number of nitrogens with two attached hydrogens (primary N) is 1. The van der Waals surface area contributed by atoms with Gasteiger partial charge < -0.3 is 11.1 Å². The molecule has 3 nitrogen and oxygen atoms in total. The minimum atomic E-state index is -0.168. The summed E-state index contributed by atoms with van der Waals surface area (Å²) in [4.78, 5) is 10.8. The second kappa shape index (κ2) is 7.85. The smallest absolute Gasteiger partial charge is 0.217 e. The molecule has 1 aliphatic rings. The number of hydrogen-bond acceptors (Lipinski definition) is 2. The van der Waals surface area contributed by atoms with Gasteiger partial charge in [-0.05, 0) is 67.6 Å². The normalized spacial score (nSPS) is 21.9. The van der Waals surface area contributed by atoms with Crippen molar-refractivity contribution in [2.75, 3.05) is 5.32 Å². The van der Waals surface area contributed by atoms with Crippen LogP contribution in [0.4, 0.5) is 5.69 Å². The lowest BCUT2D eigenvalue weighted by Crippen LogP contribution is -2.26. The predicted octanol–water partition coefficient (Wildman–Crippen LogP) is 4.61. The van der Waals surface area contributed by atoms with Gasteiger partial charge in [-0.25, -0.2) is 0 Å². The lowest BCUT2D eigenvalue weighted by molar-refractivity contribution is -0.118. The molecule has 0 saturated heterocycles. The molecule has 0 unspecified atom stereocenters. The third-order valence-electron chi connectivity index (χ3n) is 5.00. The van der Waals surface area contributed by atoms with Crippen molar-refractivity contribution in [3.8, 4) is 0 Å². The number of carbonyl (C=O) groups is 1. The highest BCUT2D eigenvalue weighted by molar-refractivity contribution is 5.73. The summed E-state index contributed by atoms with van der Waals surface area (Å²) in [5.74, 6) is 0.606. The van der Waals surface area contributed by atoms with Crippen molar-refractivity contribution in [2.24, 2.45) is 11.7 Å². The Morgan fingerprint density at radius 1 is 1.13 bits per heavy atom. The minimum Gasteiger partial charge on any atom is -0.382 e. The quantitative estimate of drug-likeness (QED) is 0.805. The molecule has 0 bridgehead atoms. The summed E-state index contributed by atoms with van der Waals surface area (Å²) in [5.41, 5.74) is 8.02. The predicted molar refractivity (Wildman–Crippen MR) is 97.6 cm³/mol. The van der Waals surface area contributed by atoms with Crippen LogP contribution < -0.4 is 11.1 Å². The molecule has 1 saturated carbocycles. The van der Waals surface area contributed by atoms with Crippen LogP contribution in [0.25, 0.3) is 0 Å². The first-order valence-corrected chi connectivity index (χ1v) is 9.00. The third kappa shape index (κ3) is 5.89. The maximum atomic E-state index is 10.8. The van der Waals surface area contributed by atoms with E-state index >= 15 is 0 Å². The Balaban J connectivity index is 1.75. The van der Waals surface area contributed by atoms with Crippen molar-refractivity contribution >= 4 is 11.6 Å². The molecule has 0 aromatic heterocycles. The van der Waals surface area contributed by atoms with Gasteiger partial charge in [0.2, 0.25) is 5.91 Å². The first kappa shape index (κ1) is 17.8. The van der Waals surface area contributed by atoms with Crippen molar-refractivity contribution in [1.29, 1.82) is 0 Å². The molecule has 1 aromatic rings. The van der Waals surface area contributed by atoms with Crippen LogP contribution in [0.5, 0.6) is 0 Å². The van der Waals surface area contributed by atoms with Crippen LogP contribution in [0, 0.1) is 5.92 Å². The Labute approximate surface area is 141 Å². The first-order valence-electron chi connectivity index (χ1n) is 9.00. The summed E-state index contributed by atoms with van der Waals surface area (Å²) < 4.78 is 0. The summed E-state index contributed by atoms with van der Waals surface area (Å²) in [6.45, 7) is 6.73. The molecule has 0 atom stereocenters. The van der Waals surface area contributed by atoms with Crippen LogP contribution in [0.2, 0.25) is 0 Å². The number of benzene rings is 1. The lowest BCUT2D eigenvalue weighted by Gasteiger charge is -2.30. The van der Waals surface area contributed by atoms with Gasteiger partial charge in [-0.3, -0.25) is 4.79 Å². The average Bonchev–Trinajstić information content (AvgIpc) is 2.48. The molecule has 0 spiro atoms. The monoisotopic (exact) mass is 316 g/mol. The van der Waals surface area contributed by atoms with Gasteiger partial charge in [-0.15, -0.1) is 0 Å². The molecule has 128 valence electrons. The lowest BCUT2D eigenvalue weighted by atomic mass is 9.83. The second-order valence-electron chi connectivity index (χ2n) is 8.05. The topological polar surface area (TPSA) is 55.1 Å². The first-order chi connectivity index (χ1) is 10.8. The van der Waals surface area contributed by atoms with E-state index in [0.29, 0.717) is 12.5 Å². The molecular formula is C20H32N2O. The largest absolute Gasteiger partial charge is 0.382 e. The Morgan fingerprint density at radius 2 is 1.74 bits per heavy atom. The number of rotatable bonds is 6. The van der Waals surface area contributed by atoms with Crippen LogP contribution >= 0.6 is 0 Å². The Morgan fingerprint density at radius 3 is 2.26 bits per heavy atom. The maximum absolute atomic E-state index is 10.8. The molecular weight excluding hydrogens is 284 g/mol. The van der Waals surface area contributed by atoms with Crippen LogP contribution in [-0.4, -0.2) is 11.9 Å². The van der Waals surface area contributed by atoms with E-state index in [4.69, 9.17) is 5.73 Å². The minimum absolute atomic E-state index is 0.168. The van der Waals surface area contributed by atoms with E-state index in [-0.39, 0.29) is 11.3 Å². The molecule has 1 amide bonds. The number of hydrogen-bond donors (Lipinski definition) is 2. The van der Waals surface area contributed by atoms with Gasteiger partial charge in [-0.2, -0.15) is 0 Å². The van der Waals surface area contributed by atoms with E-state index in [0.717, 1.165) is 18.8 Å². The van der Waals surface area contributed by atoms with Crippen molar-refractivity contribution in [3.63, 3.8) is 0 Å². The molecule has 1 fully saturated rings. The van der Waals surface area contributed by atoms with Crippen molar-refractivity contribution < 1.29 is 4.79 Å². The van der Waals surface area contributed by atoms with Crippen LogP contribution in [0.1, 0.15) is 71.3 Å². The van der Waals surface area contributed by atoms with Crippen LogP contribution in [-0.2, 0) is 10.2 Å². The Kier molecular flexibility index (Phi) is 6.09. The van der Waals surface area contributed by atoms with Crippen molar-refractivity contribution in [1.82, 2.24) is 0 Å². The maximum Gasteiger partial charge on any atom is 0.217 e. The van der Waals surface area contributed by atoms with E-state index in [1.165, 1.54) is 36.9 Å². The SMILES string of the molecule is CC(C)(C)c1ccc(NC2CCC(CCCC(N)=O)CC2)cc1. The zero-order chi connectivity index (χ0) is 16.9. The van der Waals surface area contributed by atoms with Gasteiger partial charge in [0.05, 0.1) is 0 Å². The average molecular weight is 316 g/mol. The molecule has 1 aliphatic carbocycles. The molecule has 3 heteroatoms. The fourth-order valence-electron chi connectivity index (χ4n) is 3.46. The summed E-state index contributed by atoms with van der Waals surface area (Å²) >= 11 is 0. The van der Waals surface area contributed by atoms with Gasteiger partial charge in [0.25, 0.3) is 0 Å². The fourth-order valence-corrected chi connectivity index (χ4v) is 3.46. The van der Waals surface area contributed by atoms with Gasteiger partial charge in [0.1, 0.15) is 0 Å². The van der Waals surface area contributed by atoms with Gasteiger partial charge in [0.15, 0.2) is 0 Å². The molecule has 0 heterocycles. The fraction of sp³-hybridized carbons (Fsp3) is 0.650. The molecule has 3 N–H and O–H groups in total. The number of anilines is 1. The number of amides is 1. The van der Waals surface area contributed by atoms with E-state index in [1.807, 2.05) is 0 Å². The van der Waals surface area contributed by atoms with Crippen LogP contribution in [0.3, 0.4) is 0 Å². The van der Waals surface area contributed by atoms with Crippen molar-refractivity contribution in [2.45, 2.75) is 77.2 Å². The van der Waals surface area contributed by atoms with E-state index in [1.54, 1.807) is 0 Å². The zero-order valence-corrected chi connectivity index (χ0v) is 14.9. The van der Waals surface area contributed by atoms with E-state index in [2.05, 4.69) is 50.4 Å². The van der Waals surface area contributed by atoms with E-state index in [9.17, 15) is 4.79 Å². The third-order valence-corrected chi connectivity index (χ3v) is 5.00. The molecule has 2 rings (SSSR count). The number of nitrogens with one attached hydrogen (secondary N) is 1. The second-order valence-corrected chi connectivity index (χ2v) is 8.05. The van der Waals surface area contributed by atoms with Gasteiger partial charge >= 0.3 is 0 Å². The summed E-state index contributed by atoms with van der Waals surface area (Å²) in [6, 6.07) is 9.47. The van der Waals surface area contributed by atoms with Gasteiger partial charge in [-0.1, -0.05) is 32.9 Å². The van der Waals surface area contributed by atoms with Gasteiger partial charge in [0, 0.05) is 18.2 Å². The number of carbonyl (C=O) groups excluding carboxylic acids is 1. The number of primary amides is 1. The molecule has 1 aromatic carbocycles. The van der Waals surface area contributed by atoms with E-state index < -0.39 is 0 Å². The molecule has 23 heavy (non-hydrogen) atoms. The highest BCUT2D eigenvalue weighted by Gasteiger charge is 2.21. The summed E-state index contributed by atoms with van der Waals surface area (Å²) in [7, 11) is 0. The summed E-state index contributed by atoms with van der Waals surface area (Å²) in [6.07, 6.45) is 7.61. The van der Waals surface area contributed by atoms with Crippen molar-refractivity contribution in [3.05, 3.63) is 29.8 Å². The Bertz CT molecular complexity index is 493. The van der Waals surface area contributed by atoms with Crippen LogP contribution in [0.15, 0.2) is 24.3 Å². The molecule has 0 radical (unpaired) electrons. The molecule has 0 aliphatic heterocycles. The summed E-state index contributed by atoms with van der Waals surface area (Å²) in [5, 5.41) is 3.68. The standard InChI is InChI=1S/C20H32N2O/c1-20(2,3)16-9-13-18(14-10-16)22-17-11-7-15(8-12-17)5-4-6-19(21)23/h9-10,13-15,17,22H,4-8,11-12H2,1-3H3,(H2,21,23).